The van der Waals surface area contributed by atoms with E-state index in [9.17, 15) is 9.18 Å². The predicted octanol–water partition coefficient (Wildman–Crippen LogP) is 1.28. The number of benzene rings is 1. The third kappa shape index (κ3) is 2.63. The summed E-state index contributed by atoms with van der Waals surface area (Å²) in [4.78, 5) is 15.1. The van der Waals surface area contributed by atoms with Gasteiger partial charge in [0.25, 0.3) is 0 Å². The number of aromatic carboxylic acids is 1. The third-order valence-electron chi connectivity index (χ3n) is 3.36. The van der Waals surface area contributed by atoms with Crippen LogP contribution in [0.3, 0.4) is 0 Å². The molecule has 1 fully saturated rings. The van der Waals surface area contributed by atoms with Gasteiger partial charge in [0.1, 0.15) is 5.56 Å². The molecule has 0 bridgehead atoms. The van der Waals surface area contributed by atoms with E-state index in [1.54, 1.807) is 0 Å². The Morgan fingerprint density at radius 3 is 2.47 bits per heavy atom. The normalized spacial score (nSPS) is 16.5. The molecule has 0 radical (unpaired) electrons. The topological polar surface area (TPSA) is 53.0 Å². The highest BCUT2D eigenvalue weighted by Gasteiger charge is 2.23. The van der Waals surface area contributed by atoms with Gasteiger partial charge in [0, 0.05) is 26.2 Å². The number of carbonyl (C=O) groups is 1. The van der Waals surface area contributed by atoms with Crippen molar-refractivity contribution in [3.05, 3.63) is 23.5 Å². The van der Waals surface area contributed by atoms with Crippen LogP contribution in [0.25, 0.3) is 0 Å². The van der Waals surface area contributed by atoms with Gasteiger partial charge in [-0.3, -0.25) is 0 Å². The van der Waals surface area contributed by atoms with Crippen LogP contribution >= 0.6 is 0 Å². The van der Waals surface area contributed by atoms with Crippen LogP contribution in [0.15, 0.2) is 12.1 Å². The molecule has 1 aromatic carbocycles. The number of carboxylic acids is 1. The summed E-state index contributed by atoms with van der Waals surface area (Å²) >= 11 is 0. The van der Waals surface area contributed by atoms with E-state index in [2.05, 4.69) is 4.90 Å². The zero-order valence-electron chi connectivity index (χ0n) is 11.0. The second kappa shape index (κ2) is 5.44. The first kappa shape index (κ1) is 13.6. The van der Waals surface area contributed by atoms with Gasteiger partial charge in [-0.1, -0.05) is 0 Å². The molecule has 5 nitrogen and oxygen atoms in total. The van der Waals surface area contributed by atoms with Crippen LogP contribution in [0.2, 0.25) is 0 Å². The molecule has 104 valence electrons. The molecule has 1 aliphatic heterocycles. The molecule has 0 aromatic heterocycles. The van der Waals surface area contributed by atoms with E-state index in [0.29, 0.717) is 18.8 Å². The van der Waals surface area contributed by atoms with Crippen LogP contribution in [0, 0.1) is 5.82 Å². The first-order chi connectivity index (χ1) is 9.04. The number of hydrogen-bond acceptors (Lipinski definition) is 4. The smallest absolute Gasteiger partial charge is 0.339 e. The number of methoxy groups -OCH3 is 1. The van der Waals surface area contributed by atoms with Crippen LogP contribution in [-0.2, 0) is 0 Å². The van der Waals surface area contributed by atoms with Gasteiger partial charge in [0.15, 0.2) is 11.6 Å². The second-order valence-corrected chi connectivity index (χ2v) is 4.57. The highest BCUT2D eigenvalue weighted by atomic mass is 19.1. The van der Waals surface area contributed by atoms with Crippen molar-refractivity contribution in [3.8, 4) is 5.75 Å². The summed E-state index contributed by atoms with van der Waals surface area (Å²) in [6, 6.07) is 2.89. The van der Waals surface area contributed by atoms with Crippen LogP contribution in [0.4, 0.5) is 10.1 Å². The number of likely N-dealkylation sites (N-methyl/N-ethyl adjacent to an activating group) is 1. The molecule has 1 saturated heterocycles. The number of halogens is 1. The zero-order valence-corrected chi connectivity index (χ0v) is 11.0. The lowest BCUT2D eigenvalue weighted by Crippen LogP contribution is -2.44. The molecule has 1 heterocycles. The zero-order chi connectivity index (χ0) is 14.0. The van der Waals surface area contributed by atoms with Crippen LogP contribution in [-0.4, -0.2) is 56.3 Å². The quantitative estimate of drug-likeness (QED) is 0.895. The van der Waals surface area contributed by atoms with Crippen molar-refractivity contribution in [1.29, 1.82) is 0 Å². The third-order valence-corrected chi connectivity index (χ3v) is 3.36. The summed E-state index contributed by atoms with van der Waals surface area (Å²) in [6.45, 7) is 3.12. The number of anilines is 1. The number of hydrogen-bond donors (Lipinski definition) is 1. The average Bonchev–Trinajstić information content (AvgIpc) is 2.39. The standard InChI is InChI=1S/C13H17FN2O3/c1-15-5-7-16(8-6-15)10-4-3-9(13(17)18)12(19-2)11(10)14/h3-4H,5-8H2,1-2H3,(H,17,18). The van der Waals surface area contributed by atoms with E-state index in [1.807, 2.05) is 11.9 Å². The van der Waals surface area contributed by atoms with E-state index in [4.69, 9.17) is 9.84 Å². The fourth-order valence-electron chi connectivity index (χ4n) is 2.21. The van der Waals surface area contributed by atoms with Gasteiger partial charge in [-0.15, -0.1) is 0 Å². The maximum absolute atomic E-state index is 14.3. The van der Waals surface area contributed by atoms with Gasteiger partial charge in [0.2, 0.25) is 0 Å². The molecule has 0 unspecified atom stereocenters. The molecular weight excluding hydrogens is 251 g/mol. The Morgan fingerprint density at radius 2 is 1.95 bits per heavy atom. The van der Waals surface area contributed by atoms with Crippen molar-refractivity contribution in [2.75, 3.05) is 45.2 Å². The molecule has 2 rings (SSSR count). The van der Waals surface area contributed by atoms with Crippen molar-refractivity contribution in [3.63, 3.8) is 0 Å². The Labute approximate surface area is 111 Å². The first-order valence-corrected chi connectivity index (χ1v) is 6.08. The Bertz CT molecular complexity index is 485. The van der Waals surface area contributed by atoms with Gasteiger partial charge < -0.3 is 19.6 Å². The number of ether oxygens (including phenoxy) is 1. The Hall–Kier alpha value is -1.82. The molecule has 1 N–H and O–H groups in total. The monoisotopic (exact) mass is 268 g/mol. The molecule has 1 aliphatic rings. The van der Waals surface area contributed by atoms with E-state index in [-0.39, 0.29) is 11.3 Å². The molecule has 0 atom stereocenters. The molecule has 0 saturated carbocycles. The van der Waals surface area contributed by atoms with Gasteiger partial charge in [-0.25, -0.2) is 9.18 Å². The second-order valence-electron chi connectivity index (χ2n) is 4.57. The van der Waals surface area contributed by atoms with Crippen LogP contribution in [0.5, 0.6) is 5.75 Å². The maximum Gasteiger partial charge on any atom is 0.339 e. The molecular formula is C13H17FN2O3. The maximum atomic E-state index is 14.3. The number of carboxylic acid groups (broad SMARTS) is 1. The summed E-state index contributed by atoms with van der Waals surface area (Å²) in [7, 11) is 3.29. The van der Waals surface area contributed by atoms with Gasteiger partial charge in [-0.2, -0.15) is 0 Å². The number of piperazine rings is 1. The molecule has 6 heteroatoms. The fraction of sp³-hybridized carbons (Fsp3) is 0.462. The van der Waals surface area contributed by atoms with Crippen LogP contribution < -0.4 is 9.64 Å². The highest BCUT2D eigenvalue weighted by Crippen LogP contribution is 2.31. The van der Waals surface area contributed by atoms with E-state index < -0.39 is 11.8 Å². The minimum absolute atomic E-state index is 0.155. The van der Waals surface area contributed by atoms with E-state index in [1.165, 1.54) is 19.2 Å². The van der Waals surface area contributed by atoms with Crippen molar-refractivity contribution < 1.29 is 19.0 Å². The Kier molecular flexibility index (Phi) is 3.90. The molecule has 0 aliphatic carbocycles. The van der Waals surface area contributed by atoms with Gasteiger partial charge in [-0.05, 0) is 19.2 Å². The molecule has 19 heavy (non-hydrogen) atoms. The number of nitrogens with zero attached hydrogens (tertiary/aromatic N) is 2. The minimum atomic E-state index is -1.19. The van der Waals surface area contributed by atoms with Gasteiger partial charge >= 0.3 is 5.97 Å². The van der Waals surface area contributed by atoms with E-state index in [0.717, 1.165) is 13.1 Å². The summed E-state index contributed by atoms with van der Waals surface area (Å²) in [6.07, 6.45) is 0. The SMILES string of the molecule is COc1c(C(=O)O)ccc(N2CCN(C)CC2)c1F. The van der Waals surface area contributed by atoms with Crippen molar-refractivity contribution >= 4 is 11.7 Å². The predicted molar refractivity (Wildman–Crippen MR) is 69.6 cm³/mol. The minimum Gasteiger partial charge on any atom is -0.493 e. The lowest BCUT2D eigenvalue weighted by atomic mass is 10.1. The Morgan fingerprint density at radius 1 is 1.32 bits per heavy atom. The summed E-state index contributed by atoms with van der Waals surface area (Å²) < 4.78 is 19.2. The highest BCUT2D eigenvalue weighted by molar-refractivity contribution is 5.91. The average molecular weight is 268 g/mol. The van der Waals surface area contributed by atoms with E-state index >= 15 is 0 Å². The first-order valence-electron chi connectivity index (χ1n) is 6.08. The van der Waals surface area contributed by atoms with Crippen LogP contribution in [0.1, 0.15) is 10.4 Å². The summed E-state index contributed by atoms with van der Waals surface area (Å²) in [5.74, 6) is -2.00. The van der Waals surface area contributed by atoms with Crippen molar-refractivity contribution in [2.24, 2.45) is 0 Å². The largest absolute Gasteiger partial charge is 0.493 e. The summed E-state index contributed by atoms with van der Waals surface area (Å²) in [5, 5.41) is 8.99. The van der Waals surface area contributed by atoms with Crippen molar-refractivity contribution in [1.82, 2.24) is 4.90 Å². The fourth-order valence-corrected chi connectivity index (χ4v) is 2.21. The lowest BCUT2D eigenvalue weighted by Gasteiger charge is -2.34. The molecule has 0 amide bonds. The van der Waals surface area contributed by atoms with Gasteiger partial charge in [0.05, 0.1) is 12.8 Å². The molecule has 1 aromatic rings. The number of rotatable bonds is 3. The summed E-state index contributed by atoms with van der Waals surface area (Å²) in [5.41, 5.74) is 0.243. The Balaban J connectivity index is 2.34. The van der Waals surface area contributed by atoms with Crippen molar-refractivity contribution in [2.45, 2.75) is 0 Å². The lowest BCUT2D eigenvalue weighted by molar-refractivity contribution is 0.0692. The molecule has 0 spiro atoms.